The number of hydrogen-bond donors (Lipinski definition) is 2. The first-order valence-corrected chi connectivity index (χ1v) is 5.85. The Kier molecular flexibility index (Phi) is 5.25. The second-order valence-corrected chi connectivity index (χ2v) is 4.45. The van der Waals surface area contributed by atoms with Gasteiger partial charge in [-0.3, -0.25) is 4.90 Å². The van der Waals surface area contributed by atoms with E-state index in [0.29, 0.717) is 30.6 Å². The molecule has 0 saturated carbocycles. The molecule has 0 spiro atoms. The first-order chi connectivity index (χ1) is 8.04. The lowest BCUT2D eigenvalue weighted by atomic mass is 10.1. The van der Waals surface area contributed by atoms with Crippen molar-refractivity contribution in [1.29, 1.82) is 0 Å². The van der Waals surface area contributed by atoms with Gasteiger partial charge in [0.05, 0.1) is 6.61 Å². The van der Waals surface area contributed by atoms with Gasteiger partial charge in [-0.05, 0) is 32.0 Å². The zero-order chi connectivity index (χ0) is 12.8. The zero-order valence-electron chi connectivity index (χ0n) is 10.8. The number of hydrogen-bond acceptors (Lipinski definition) is 4. The Bertz CT molecular complexity index is 353. The maximum absolute atomic E-state index is 9.78. The van der Waals surface area contributed by atoms with Crippen molar-refractivity contribution in [1.82, 2.24) is 4.90 Å². The molecule has 17 heavy (non-hydrogen) atoms. The summed E-state index contributed by atoms with van der Waals surface area (Å²) >= 11 is 0. The van der Waals surface area contributed by atoms with Gasteiger partial charge in [0, 0.05) is 37.5 Å². The average molecular weight is 238 g/mol. The Hall–Kier alpha value is -1.26. The van der Waals surface area contributed by atoms with Gasteiger partial charge in [0.25, 0.3) is 0 Å². The quantitative estimate of drug-likeness (QED) is 0.586. The van der Waals surface area contributed by atoms with Crippen molar-refractivity contribution < 1.29 is 9.84 Å². The van der Waals surface area contributed by atoms with Crippen molar-refractivity contribution in [3.05, 3.63) is 23.8 Å². The van der Waals surface area contributed by atoms with Crippen LogP contribution in [-0.4, -0.2) is 36.3 Å². The van der Waals surface area contributed by atoms with Crippen molar-refractivity contribution >= 4 is 5.69 Å². The predicted octanol–water partition coefficient (Wildman–Crippen LogP) is 1.83. The number of anilines is 1. The van der Waals surface area contributed by atoms with E-state index >= 15 is 0 Å². The summed E-state index contributed by atoms with van der Waals surface area (Å²) in [5, 5.41) is 9.78. The van der Waals surface area contributed by atoms with Crippen LogP contribution >= 0.6 is 0 Å². The van der Waals surface area contributed by atoms with Gasteiger partial charge in [-0.2, -0.15) is 0 Å². The molecule has 0 saturated heterocycles. The lowest BCUT2D eigenvalue weighted by molar-refractivity contribution is 0.124. The highest BCUT2D eigenvalue weighted by atomic mass is 16.5. The van der Waals surface area contributed by atoms with Gasteiger partial charge in [0.15, 0.2) is 0 Å². The fourth-order valence-corrected chi connectivity index (χ4v) is 1.68. The van der Waals surface area contributed by atoms with Gasteiger partial charge in [-0.1, -0.05) is 0 Å². The molecule has 1 aromatic rings. The third-order valence-corrected chi connectivity index (χ3v) is 2.79. The summed E-state index contributed by atoms with van der Waals surface area (Å²) in [5.41, 5.74) is 7.26. The second-order valence-electron chi connectivity index (χ2n) is 4.45. The first kappa shape index (κ1) is 13.8. The number of phenols is 1. The first-order valence-electron chi connectivity index (χ1n) is 5.85. The number of nitrogens with zero attached hydrogens (tertiary/aromatic N) is 1. The second kappa shape index (κ2) is 6.47. The smallest absolute Gasteiger partial charge is 0.120 e. The van der Waals surface area contributed by atoms with E-state index in [1.165, 1.54) is 0 Å². The molecule has 0 atom stereocenters. The standard InChI is InChI=1S/C13H22N2O2/c1-10(2)15(6-7-17-3)9-11-8-12(14)4-5-13(11)16/h4-5,8,10,16H,6-7,9,14H2,1-3H3. The number of benzene rings is 1. The topological polar surface area (TPSA) is 58.7 Å². The summed E-state index contributed by atoms with van der Waals surface area (Å²) in [6, 6.07) is 5.55. The maximum atomic E-state index is 9.78. The SMILES string of the molecule is COCCN(Cc1cc(N)ccc1O)C(C)C. The molecule has 0 aliphatic rings. The van der Waals surface area contributed by atoms with E-state index in [1.54, 1.807) is 19.2 Å². The van der Waals surface area contributed by atoms with Crippen LogP contribution in [0.3, 0.4) is 0 Å². The lowest BCUT2D eigenvalue weighted by Gasteiger charge is -2.26. The Balaban J connectivity index is 2.74. The largest absolute Gasteiger partial charge is 0.508 e. The molecule has 1 aromatic carbocycles. The minimum atomic E-state index is 0.294. The molecule has 4 heteroatoms. The van der Waals surface area contributed by atoms with Crippen LogP contribution in [0.15, 0.2) is 18.2 Å². The van der Waals surface area contributed by atoms with E-state index < -0.39 is 0 Å². The molecule has 0 aromatic heterocycles. The molecule has 0 heterocycles. The molecule has 0 aliphatic carbocycles. The maximum Gasteiger partial charge on any atom is 0.120 e. The van der Waals surface area contributed by atoms with E-state index in [2.05, 4.69) is 18.7 Å². The lowest BCUT2D eigenvalue weighted by Crippen LogP contribution is -2.33. The summed E-state index contributed by atoms with van der Waals surface area (Å²) in [7, 11) is 1.69. The van der Waals surface area contributed by atoms with Crippen molar-refractivity contribution in [2.24, 2.45) is 0 Å². The fourth-order valence-electron chi connectivity index (χ4n) is 1.68. The third-order valence-electron chi connectivity index (χ3n) is 2.79. The molecule has 0 unspecified atom stereocenters. The van der Waals surface area contributed by atoms with Crippen LogP contribution in [-0.2, 0) is 11.3 Å². The highest BCUT2D eigenvalue weighted by Gasteiger charge is 2.12. The molecule has 3 N–H and O–H groups in total. The minimum absolute atomic E-state index is 0.294. The van der Waals surface area contributed by atoms with Gasteiger partial charge >= 0.3 is 0 Å². The normalized spacial score (nSPS) is 11.4. The Morgan fingerprint density at radius 3 is 2.71 bits per heavy atom. The Morgan fingerprint density at radius 2 is 2.12 bits per heavy atom. The number of methoxy groups -OCH3 is 1. The number of rotatable bonds is 6. The van der Waals surface area contributed by atoms with Gasteiger partial charge < -0.3 is 15.6 Å². The number of nitrogens with two attached hydrogens (primary N) is 1. The number of nitrogen functional groups attached to an aromatic ring is 1. The number of phenolic OH excluding ortho intramolecular Hbond substituents is 1. The summed E-state index contributed by atoms with van der Waals surface area (Å²) in [6.07, 6.45) is 0. The van der Waals surface area contributed by atoms with Crippen LogP contribution < -0.4 is 5.73 Å². The van der Waals surface area contributed by atoms with E-state index in [1.807, 2.05) is 6.07 Å². The van der Waals surface area contributed by atoms with E-state index in [9.17, 15) is 5.11 Å². The fraction of sp³-hybridized carbons (Fsp3) is 0.538. The van der Waals surface area contributed by atoms with Crippen LogP contribution in [0, 0.1) is 0 Å². The van der Waals surface area contributed by atoms with E-state index in [-0.39, 0.29) is 0 Å². The monoisotopic (exact) mass is 238 g/mol. The summed E-state index contributed by atoms with van der Waals surface area (Å²) < 4.78 is 5.09. The summed E-state index contributed by atoms with van der Waals surface area (Å²) in [4.78, 5) is 2.23. The molecule has 1 rings (SSSR count). The molecule has 0 bridgehead atoms. The summed E-state index contributed by atoms with van der Waals surface area (Å²) in [5.74, 6) is 0.294. The van der Waals surface area contributed by atoms with E-state index in [4.69, 9.17) is 10.5 Å². The van der Waals surface area contributed by atoms with Crippen molar-refractivity contribution in [2.75, 3.05) is 26.0 Å². The molecular weight excluding hydrogens is 216 g/mol. The molecule has 0 radical (unpaired) electrons. The van der Waals surface area contributed by atoms with Crippen LogP contribution in [0.4, 0.5) is 5.69 Å². The minimum Gasteiger partial charge on any atom is -0.508 e. The highest BCUT2D eigenvalue weighted by molar-refractivity contribution is 5.47. The molecule has 0 aliphatic heterocycles. The molecule has 4 nitrogen and oxygen atoms in total. The summed E-state index contributed by atoms with van der Waals surface area (Å²) in [6.45, 7) is 6.44. The molecule has 96 valence electrons. The van der Waals surface area contributed by atoms with Crippen molar-refractivity contribution in [2.45, 2.75) is 26.4 Å². The third kappa shape index (κ3) is 4.24. The number of ether oxygens (including phenoxy) is 1. The van der Waals surface area contributed by atoms with Crippen molar-refractivity contribution in [3.63, 3.8) is 0 Å². The van der Waals surface area contributed by atoms with Gasteiger partial charge in [0.2, 0.25) is 0 Å². The van der Waals surface area contributed by atoms with E-state index in [0.717, 1.165) is 12.1 Å². The Morgan fingerprint density at radius 1 is 1.41 bits per heavy atom. The molecule has 0 amide bonds. The number of aromatic hydroxyl groups is 1. The van der Waals surface area contributed by atoms with Crippen LogP contribution in [0.25, 0.3) is 0 Å². The molecular formula is C13H22N2O2. The van der Waals surface area contributed by atoms with Gasteiger partial charge in [-0.25, -0.2) is 0 Å². The van der Waals surface area contributed by atoms with Crippen LogP contribution in [0.1, 0.15) is 19.4 Å². The zero-order valence-corrected chi connectivity index (χ0v) is 10.8. The predicted molar refractivity (Wildman–Crippen MR) is 69.9 cm³/mol. The van der Waals surface area contributed by atoms with Gasteiger partial charge in [0.1, 0.15) is 5.75 Å². The highest BCUT2D eigenvalue weighted by Crippen LogP contribution is 2.22. The van der Waals surface area contributed by atoms with Crippen molar-refractivity contribution in [3.8, 4) is 5.75 Å². The Labute approximate surface area is 103 Å². The molecule has 0 fully saturated rings. The van der Waals surface area contributed by atoms with Crippen LogP contribution in [0.2, 0.25) is 0 Å². The van der Waals surface area contributed by atoms with Gasteiger partial charge in [-0.15, -0.1) is 0 Å². The van der Waals surface area contributed by atoms with Crippen LogP contribution in [0.5, 0.6) is 5.75 Å². The average Bonchev–Trinajstić information content (AvgIpc) is 2.28.